The van der Waals surface area contributed by atoms with E-state index >= 15 is 0 Å². The molecule has 0 bridgehead atoms. The molecule has 1 rings (SSSR count). The first kappa shape index (κ1) is 13.9. The molecule has 1 fully saturated rings. The number of hydrogen-bond acceptors (Lipinski definition) is 3. The van der Waals surface area contributed by atoms with Gasteiger partial charge in [0.2, 0.25) is 10.0 Å². The average Bonchev–Trinajstić information content (AvgIpc) is 2.17. The van der Waals surface area contributed by atoms with Crippen LogP contribution in [0.2, 0.25) is 0 Å². The van der Waals surface area contributed by atoms with E-state index in [0.717, 1.165) is 26.1 Å². The van der Waals surface area contributed by atoms with Gasteiger partial charge < -0.3 is 4.90 Å². The maximum Gasteiger partial charge on any atom is 0.214 e. The van der Waals surface area contributed by atoms with Crippen LogP contribution < -0.4 is 0 Å². The van der Waals surface area contributed by atoms with Crippen molar-refractivity contribution in [1.29, 1.82) is 0 Å². The van der Waals surface area contributed by atoms with Gasteiger partial charge in [0.15, 0.2) is 0 Å². The van der Waals surface area contributed by atoms with E-state index in [4.69, 9.17) is 0 Å². The maximum absolute atomic E-state index is 12.0. The molecular formula is C11H24N2O2S. The van der Waals surface area contributed by atoms with Gasteiger partial charge in [-0.1, -0.05) is 20.8 Å². The summed E-state index contributed by atoms with van der Waals surface area (Å²) in [6.07, 6.45) is 1.14. The lowest BCUT2D eigenvalue weighted by molar-refractivity contribution is 0.188. The Bertz CT molecular complexity index is 293. The van der Waals surface area contributed by atoms with Crippen LogP contribution >= 0.6 is 0 Å². The second-order valence-corrected chi connectivity index (χ2v) is 6.93. The van der Waals surface area contributed by atoms with Gasteiger partial charge in [-0.3, -0.25) is 0 Å². The Hall–Kier alpha value is -0.130. The fraction of sp³-hybridized carbons (Fsp3) is 1.00. The number of nitrogens with zero attached hydrogens (tertiary/aromatic N) is 2. The van der Waals surface area contributed by atoms with E-state index in [2.05, 4.69) is 11.8 Å². The predicted octanol–water partition coefficient (Wildman–Crippen LogP) is 1.000. The van der Waals surface area contributed by atoms with Crippen LogP contribution in [-0.4, -0.2) is 56.1 Å². The van der Waals surface area contributed by atoms with Crippen LogP contribution in [0.3, 0.4) is 0 Å². The molecule has 0 aliphatic carbocycles. The second-order valence-electron chi connectivity index (χ2n) is 4.91. The third-order valence-electron chi connectivity index (χ3n) is 2.81. The molecule has 0 spiro atoms. The summed E-state index contributed by atoms with van der Waals surface area (Å²) in [7, 11) is -3.01. The molecule has 0 radical (unpaired) electrons. The Labute approximate surface area is 99.7 Å². The highest BCUT2D eigenvalue weighted by Gasteiger charge is 2.26. The number of sulfonamides is 1. The van der Waals surface area contributed by atoms with Gasteiger partial charge in [-0.15, -0.1) is 0 Å². The smallest absolute Gasteiger partial charge is 0.214 e. The second kappa shape index (κ2) is 5.98. The van der Waals surface area contributed by atoms with Crippen molar-refractivity contribution in [2.45, 2.75) is 27.2 Å². The molecule has 16 heavy (non-hydrogen) atoms. The molecular weight excluding hydrogens is 224 g/mol. The Kier molecular flexibility index (Phi) is 5.21. The maximum atomic E-state index is 12.0. The van der Waals surface area contributed by atoms with Gasteiger partial charge in [-0.2, -0.15) is 4.31 Å². The van der Waals surface area contributed by atoms with Crippen molar-refractivity contribution in [1.82, 2.24) is 9.21 Å². The molecule has 1 saturated heterocycles. The third-order valence-corrected chi connectivity index (χ3v) is 5.05. The van der Waals surface area contributed by atoms with Gasteiger partial charge in [0.05, 0.1) is 5.75 Å². The molecule has 0 aromatic heterocycles. The molecule has 1 aliphatic rings. The van der Waals surface area contributed by atoms with Crippen molar-refractivity contribution in [3.8, 4) is 0 Å². The van der Waals surface area contributed by atoms with Crippen LogP contribution in [-0.2, 0) is 10.0 Å². The summed E-state index contributed by atoms with van der Waals surface area (Å²) in [5.74, 6) is 0.486. The first-order valence-electron chi connectivity index (χ1n) is 6.16. The molecule has 0 amide bonds. The monoisotopic (exact) mass is 248 g/mol. The van der Waals surface area contributed by atoms with E-state index in [0.29, 0.717) is 13.1 Å². The molecule has 0 unspecified atom stereocenters. The number of rotatable bonds is 5. The fourth-order valence-electron chi connectivity index (χ4n) is 2.07. The van der Waals surface area contributed by atoms with Crippen LogP contribution in [0.25, 0.3) is 0 Å². The molecule has 4 nitrogen and oxygen atoms in total. The van der Waals surface area contributed by atoms with E-state index in [1.807, 2.05) is 13.8 Å². The Morgan fingerprint density at radius 2 is 1.69 bits per heavy atom. The van der Waals surface area contributed by atoms with Crippen LogP contribution in [0, 0.1) is 5.92 Å². The average molecular weight is 248 g/mol. The molecule has 0 atom stereocenters. The highest BCUT2D eigenvalue weighted by Crippen LogP contribution is 2.11. The van der Waals surface area contributed by atoms with Crippen LogP contribution in [0.4, 0.5) is 0 Å². The predicted molar refractivity (Wildman–Crippen MR) is 66.9 cm³/mol. The van der Waals surface area contributed by atoms with E-state index in [-0.39, 0.29) is 11.7 Å². The van der Waals surface area contributed by atoms with Crippen LogP contribution in [0.15, 0.2) is 0 Å². The van der Waals surface area contributed by atoms with Crippen molar-refractivity contribution >= 4 is 10.0 Å². The lowest BCUT2D eigenvalue weighted by atomic mass is 10.3. The van der Waals surface area contributed by atoms with E-state index in [1.165, 1.54) is 0 Å². The van der Waals surface area contributed by atoms with Gasteiger partial charge in [-0.05, 0) is 18.9 Å². The molecule has 1 aliphatic heterocycles. The normalized spacial score (nSPS) is 20.5. The molecule has 0 aromatic carbocycles. The first-order chi connectivity index (χ1) is 7.45. The van der Waals surface area contributed by atoms with Gasteiger partial charge in [0.25, 0.3) is 0 Å². The molecule has 96 valence electrons. The van der Waals surface area contributed by atoms with E-state index < -0.39 is 10.0 Å². The highest BCUT2D eigenvalue weighted by atomic mass is 32.2. The van der Waals surface area contributed by atoms with Crippen LogP contribution in [0.1, 0.15) is 27.2 Å². The lowest BCUT2D eigenvalue weighted by Gasteiger charge is -2.34. The molecule has 0 saturated carbocycles. The standard InChI is InChI=1S/C11H24N2O2S/c1-4-5-12-6-8-13(9-7-12)16(14,15)10-11(2)3/h11H,4-10H2,1-3H3. The van der Waals surface area contributed by atoms with Crippen molar-refractivity contribution in [3.63, 3.8) is 0 Å². The quantitative estimate of drug-likeness (QED) is 0.729. The Morgan fingerprint density at radius 1 is 1.12 bits per heavy atom. The molecule has 5 heteroatoms. The van der Waals surface area contributed by atoms with Gasteiger partial charge in [0.1, 0.15) is 0 Å². The van der Waals surface area contributed by atoms with E-state index in [1.54, 1.807) is 4.31 Å². The minimum atomic E-state index is -3.01. The summed E-state index contributed by atoms with van der Waals surface area (Å²) < 4.78 is 25.6. The zero-order chi connectivity index (χ0) is 12.2. The van der Waals surface area contributed by atoms with Crippen molar-refractivity contribution in [2.24, 2.45) is 5.92 Å². The zero-order valence-electron chi connectivity index (χ0n) is 10.6. The minimum Gasteiger partial charge on any atom is -0.301 e. The van der Waals surface area contributed by atoms with Crippen molar-refractivity contribution < 1.29 is 8.42 Å². The summed E-state index contributed by atoms with van der Waals surface area (Å²) in [6.45, 7) is 10.2. The summed E-state index contributed by atoms with van der Waals surface area (Å²) in [5.41, 5.74) is 0. The number of piperazine rings is 1. The first-order valence-corrected chi connectivity index (χ1v) is 7.76. The summed E-state index contributed by atoms with van der Waals surface area (Å²) >= 11 is 0. The van der Waals surface area contributed by atoms with Crippen molar-refractivity contribution in [3.05, 3.63) is 0 Å². The lowest BCUT2D eigenvalue weighted by Crippen LogP contribution is -2.49. The Balaban J connectivity index is 2.47. The van der Waals surface area contributed by atoms with Gasteiger partial charge >= 0.3 is 0 Å². The largest absolute Gasteiger partial charge is 0.301 e. The fourth-order valence-corrected chi connectivity index (χ4v) is 3.85. The SMILES string of the molecule is CCCN1CCN(S(=O)(=O)CC(C)C)CC1. The van der Waals surface area contributed by atoms with Gasteiger partial charge in [-0.25, -0.2) is 8.42 Å². The van der Waals surface area contributed by atoms with E-state index in [9.17, 15) is 8.42 Å². The summed E-state index contributed by atoms with van der Waals surface area (Å²) in [5, 5.41) is 0. The third kappa shape index (κ3) is 4.03. The highest BCUT2D eigenvalue weighted by molar-refractivity contribution is 7.89. The molecule has 1 heterocycles. The van der Waals surface area contributed by atoms with Crippen LogP contribution in [0.5, 0.6) is 0 Å². The van der Waals surface area contributed by atoms with Crippen molar-refractivity contribution in [2.75, 3.05) is 38.5 Å². The number of hydrogen-bond donors (Lipinski definition) is 0. The minimum absolute atomic E-state index is 0.207. The Morgan fingerprint density at radius 3 is 2.12 bits per heavy atom. The molecule has 0 aromatic rings. The summed E-state index contributed by atoms with van der Waals surface area (Å²) in [4.78, 5) is 2.33. The summed E-state index contributed by atoms with van der Waals surface area (Å²) in [6, 6.07) is 0. The zero-order valence-corrected chi connectivity index (χ0v) is 11.5. The topological polar surface area (TPSA) is 40.6 Å². The molecule has 0 N–H and O–H groups in total. The van der Waals surface area contributed by atoms with Gasteiger partial charge in [0, 0.05) is 26.2 Å².